The van der Waals surface area contributed by atoms with Crippen LogP contribution in [0.25, 0.3) is 0 Å². The Morgan fingerprint density at radius 2 is 1.85 bits per heavy atom. The fourth-order valence-electron chi connectivity index (χ4n) is 3.44. The Balaban J connectivity index is 1.88. The summed E-state index contributed by atoms with van der Waals surface area (Å²) in [6.45, 7) is 0.933. The van der Waals surface area contributed by atoms with Crippen LogP contribution in [-0.2, 0) is 4.79 Å². The van der Waals surface area contributed by atoms with Gasteiger partial charge in [0, 0.05) is 32.5 Å². The number of nitrogens with zero attached hydrogens (tertiary/aromatic N) is 3. The van der Waals surface area contributed by atoms with Crippen LogP contribution in [0.1, 0.15) is 23.3 Å². The Morgan fingerprint density at radius 1 is 1.12 bits per heavy atom. The van der Waals surface area contributed by atoms with Crippen LogP contribution in [0, 0.1) is 0 Å². The Morgan fingerprint density at radius 3 is 2.50 bits per heavy atom. The first-order valence-electron chi connectivity index (χ1n) is 8.77. The summed E-state index contributed by atoms with van der Waals surface area (Å²) < 4.78 is 0. The molecule has 1 N–H and O–H groups in total. The number of likely N-dealkylation sites (N-methyl/N-ethyl adjacent to an activating group) is 1. The van der Waals surface area contributed by atoms with Crippen LogP contribution in [0.5, 0.6) is 0 Å². The van der Waals surface area contributed by atoms with Gasteiger partial charge in [0.2, 0.25) is 5.91 Å². The number of aromatic nitrogens is 1. The van der Waals surface area contributed by atoms with Crippen molar-refractivity contribution >= 4 is 17.5 Å². The number of amides is 2. The summed E-state index contributed by atoms with van der Waals surface area (Å²) in [5, 5.41) is 3.41. The summed E-state index contributed by atoms with van der Waals surface area (Å²) in [5.41, 5.74) is 0.434. The molecule has 1 aromatic carbocycles. The number of carbonyl (C=O) groups excluding carboxylic acids is 2. The van der Waals surface area contributed by atoms with Gasteiger partial charge in [-0.05, 0) is 37.1 Å². The van der Waals surface area contributed by atoms with Gasteiger partial charge in [-0.1, -0.05) is 24.3 Å². The Kier molecular flexibility index (Phi) is 5.21. The topological polar surface area (TPSA) is 65.5 Å². The molecule has 1 atom stereocenters. The third-order valence-corrected chi connectivity index (χ3v) is 4.64. The highest BCUT2D eigenvalue weighted by molar-refractivity contribution is 5.95. The van der Waals surface area contributed by atoms with Gasteiger partial charge in [-0.15, -0.1) is 0 Å². The molecule has 6 heteroatoms. The van der Waals surface area contributed by atoms with Gasteiger partial charge in [-0.2, -0.15) is 0 Å². The molecule has 2 aromatic rings. The minimum atomic E-state index is -0.840. The van der Waals surface area contributed by atoms with Gasteiger partial charge in [-0.25, -0.2) is 0 Å². The Labute approximate surface area is 153 Å². The lowest BCUT2D eigenvalue weighted by Gasteiger charge is -2.43. The van der Waals surface area contributed by atoms with Crippen LogP contribution in [0.2, 0.25) is 0 Å². The first kappa shape index (κ1) is 17.9. The van der Waals surface area contributed by atoms with Crippen LogP contribution in [-0.4, -0.2) is 59.3 Å². The number of hydrogen-bond donors (Lipinski definition) is 1. The predicted octanol–water partition coefficient (Wildman–Crippen LogP) is 2.26. The molecule has 0 spiro atoms. The molecule has 1 aromatic heterocycles. The van der Waals surface area contributed by atoms with Crippen molar-refractivity contribution in [3.05, 3.63) is 60.4 Å². The van der Waals surface area contributed by atoms with E-state index >= 15 is 0 Å². The highest BCUT2D eigenvalue weighted by atomic mass is 16.2. The molecule has 136 valence electrons. The fourth-order valence-corrected chi connectivity index (χ4v) is 3.44. The third-order valence-electron chi connectivity index (χ3n) is 4.64. The SMILES string of the molecule is CN(C)C(=O)C1(Nc2ccccc2)CCCN(C(=O)c2ccccn2)C1. The van der Waals surface area contributed by atoms with E-state index in [0.717, 1.165) is 12.1 Å². The van der Waals surface area contributed by atoms with E-state index in [1.165, 1.54) is 0 Å². The molecule has 1 saturated heterocycles. The van der Waals surface area contributed by atoms with Gasteiger partial charge < -0.3 is 15.1 Å². The molecule has 6 nitrogen and oxygen atoms in total. The molecule has 26 heavy (non-hydrogen) atoms. The average molecular weight is 352 g/mol. The number of likely N-dealkylation sites (tertiary alicyclic amines) is 1. The van der Waals surface area contributed by atoms with Crippen molar-refractivity contribution in [3.8, 4) is 0 Å². The number of nitrogens with one attached hydrogen (secondary N) is 1. The number of piperidine rings is 1. The minimum absolute atomic E-state index is 0.0279. The number of carbonyl (C=O) groups is 2. The van der Waals surface area contributed by atoms with E-state index in [-0.39, 0.29) is 11.8 Å². The molecule has 1 fully saturated rings. The summed E-state index contributed by atoms with van der Waals surface area (Å²) in [7, 11) is 3.49. The van der Waals surface area contributed by atoms with Crippen molar-refractivity contribution < 1.29 is 9.59 Å². The molecule has 0 aliphatic carbocycles. The second-order valence-electron chi connectivity index (χ2n) is 6.82. The van der Waals surface area contributed by atoms with E-state index in [4.69, 9.17) is 0 Å². The molecule has 1 aliphatic heterocycles. The molecule has 1 aliphatic rings. The van der Waals surface area contributed by atoms with Gasteiger partial charge in [-0.3, -0.25) is 14.6 Å². The van der Waals surface area contributed by atoms with Crippen molar-refractivity contribution in [3.63, 3.8) is 0 Å². The molecule has 1 unspecified atom stereocenters. The maximum atomic E-state index is 13.0. The average Bonchev–Trinajstić information content (AvgIpc) is 2.68. The molecule has 0 saturated carbocycles. The molecule has 2 amide bonds. The van der Waals surface area contributed by atoms with E-state index in [0.29, 0.717) is 25.2 Å². The van der Waals surface area contributed by atoms with Gasteiger partial charge in [0.05, 0.1) is 6.54 Å². The number of pyridine rings is 1. The molecule has 3 rings (SSSR count). The fraction of sp³-hybridized carbons (Fsp3) is 0.350. The normalized spacial score (nSPS) is 19.7. The monoisotopic (exact) mass is 352 g/mol. The van der Waals surface area contributed by atoms with E-state index in [1.807, 2.05) is 30.3 Å². The zero-order chi connectivity index (χ0) is 18.6. The summed E-state index contributed by atoms with van der Waals surface area (Å²) in [5.74, 6) is -0.170. The molecule has 0 bridgehead atoms. The number of rotatable bonds is 4. The second-order valence-corrected chi connectivity index (χ2v) is 6.82. The number of hydrogen-bond acceptors (Lipinski definition) is 4. The standard InChI is InChI=1S/C20H24N4O2/c1-23(2)19(26)20(22-16-9-4-3-5-10-16)12-8-14-24(15-20)18(25)17-11-6-7-13-21-17/h3-7,9-11,13,22H,8,12,14-15H2,1-2H3. The minimum Gasteiger partial charge on any atom is -0.370 e. The van der Waals surface area contributed by atoms with Gasteiger partial charge in [0.1, 0.15) is 11.2 Å². The van der Waals surface area contributed by atoms with Gasteiger partial charge in [0.25, 0.3) is 5.91 Å². The lowest BCUT2D eigenvalue weighted by atomic mass is 9.86. The summed E-state index contributed by atoms with van der Waals surface area (Å²) in [6, 6.07) is 14.9. The number of para-hydroxylation sites is 1. The number of anilines is 1. The van der Waals surface area contributed by atoms with Crippen LogP contribution in [0.15, 0.2) is 54.7 Å². The lowest BCUT2D eigenvalue weighted by Crippen LogP contribution is -2.62. The Hall–Kier alpha value is -2.89. The van der Waals surface area contributed by atoms with Crippen LogP contribution >= 0.6 is 0 Å². The summed E-state index contributed by atoms with van der Waals surface area (Å²) in [4.78, 5) is 33.4. The molecular formula is C20H24N4O2. The van der Waals surface area contributed by atoms with Crippen molar-refractivity contribution in [2.45, 2.75) is 18.4 Å². The number of benzene rings is 1. The molecule has 2 heterocycles. The maximum Gasteiger partial charge on any atom is 0.272 e. The highest BCUT2D eigenvalue weighted by Gasteiger charge is 2.44. The Bertz CT molecular complexity index is 764. The quantitative estimate of drug-likeness (QED) is 0.917. The third kappa shape index (κ3) is 3.69. The van der Waals surface area contributed by atoms with Crippen LogP contribution < -0.4 is 5.32 Å². The maximum absolute atomic E-state index is 13.0. The molecular weight excluding hydrogens is 328 g/mol. The zero-order valence-corrected chi connectivity index (χ0v) is 15.2. The largest absolute Gasteiger partial charge is 0.370 e. The van der Waals surface area contributed by atoms with Crippen molar-refractivity contribution in [2.75, 3.05) is 32.5 Å². The van der Waals surface area contributed by atoms with Gasteiger partial charge >= 0.3 is 0 Å². The summed E-state index contributed by atoms with van der Waals surface area (Å²) in [6.07, 6.45) is 3.03. The highest BCUT2D eigenvalue weighted by Crippen LogP contribution is 2.28. The van der Waals surface area contributed by atoms with Crippen molar-refractivity contribution in [1.29, 1.82) is 0 Å². The van der Waals surface area contributed by atoms with E-state index in [1.54, 1.807) is 48.3 Å². The summed E-state index contributed by atoms with van der Waals surface area (Å²) >= 11 is 0. The first-order valence-corrected chi connectivity index (χ1v) is 8.77. The van der Waals surface area contributed by atoms with E-state index < -0.39 is 5.54 Å². The first-order chi connectivity index (χ1) is 12.5. The predicted molar refractivity (Wildman–Crippen MR) is 101 cm³/mol. The van der Waals surface area contributed by atoms with Crippen LogP contribution in [0.3, 0.4) is 0 Å². The van der Waals surface area contributed by atoms with E-state index in [9.17, 15) is 9.59 Å². The lowest BCUT2D eigenvalue weighted by molar-refractivity contribution is -0.135. The second kappa shape index (κ2) is 7.56. The van der Waals surface area contributed by atoms with Crippen molar-refractivity contribution in [2.24, 2.45) is 0 Å². The smallest absolute Gasteiger partial charge is 0.272 e. The van der Waals surface area contributed by atoms with Crippen LogP contribution in [0.4, 0.5) is 5.69 Å². The van der Waals surface area contributed by atoms with E-state index in [2.05, 4.69) is 10.3 Å². The van der Waals surface area contributed by atoms with Crippen molar-refractivity contribution in [1.82, 2.24) is 14.8 Å². The zero-order valence-electron chi connectivity index (χ0n) is 15.2. The van der Waals surface area contributed by atoms with Gasteiger partial charge in [0.15, 0.2) is 0 Å². The molecule has 0 radical (unpaired) electrons.